The van der Waals surface area contributed by atoms with E-state index in [1.165, 1.54) is 60.8 Å². The SMILES string of the molecule is CC(C)(C)c1ccc(-c2ccccc2)c(N(c2ccc(-c3ccc4c(c3)oc3ccccc34)cc2)C2CC=CC=C2C2=c3c(-c4ccccc4)cccc3=CCC2)c1. The van der Waals surface area contributed by atoms with Gasteiger partial charge in [-0.05, 0) is 116 Å². The molecule has 2 aliphatic rings. The van der Waals surface area contributed by atoms with Crippen molar-refractivity contribution >= 4 is 45.0 Å². The van der Waals surface area contributed by atoms with E-state index in [-0.39, 0.29) is 11.5 Å². The smallest absolute Gasteiger partial charge is 0.136 e. The van der Waals surface area contributed by atoms with Crippen molar-refractivity contribution < 1.29 is 4.42 Å². The highest BCUT2D eigenvalue weighted by molar-refractivity contribution is 6.06. The van der Waals surface area contributed by atoms with Gasteiger partial charge in [0.25, 0.3) is 0 Å². The first-order valence-electron chi connectivity index (χ1n) is 20.7. The Morgan fingerprint density at radius 2 is 1.29 bits per heavy atom. The molecule has 0 aliphatic heterocycles. The van der Waals surface area contributed by atoms with Crippen LogP contribution < -0.4 is 15.3 Å². The Hall–Kier alpha value is -6.64. The lowest BCUT2D eigenvalue weighted by Gasteiger charge is -2.39. The summed E-state index contributed by atoms with van der Waals surface area (Å²) in [6.45, 7) is 6.95. The lowest BCUT2D eigenvalue weighted by molar-refractivity contribution is 0.590. The van der Waals surface area contributed by atoms with Crippen molar-refractivity contribution in [3.8, 4) is 33.4 Å². The molecule has 0 spiro atoms. The van der Waals surface area contributed by atoms with E-state index in [0.717, 1.165) is 52.3 Å². The van der Waals surface area contributed by atoms with Gasteiger partial charge in [-0.2, -0.15) is 0 Å². The Morgan fingerprint density at radius 3 is 2.07 bits per heavy atom. The molecule has 1 aromatic heterocycles. The van der Waals surface area contributed by atoms with Gasteiger partial charge in [0.1, 0.15) is 11.2 Å². The number of allylic oxidation sites excluding steroid dienone is 2. The highest BCUT2D eigenvalue weighted by Gasteiger charge is 2.31. The molecular formula is C56H47NO. The Morgan fingerprint density at radius 1 is 0.586 bits per heavy atom. The highest BCUT2D eigenvalue weighted by Crippen LogP contribution is 2.44. The number of nitrogens with zero attached hydrogens (tertiary/aromatic N) is 1. The lowest BCUT2D eigenvalue weighted by Crippen LogP contribution is -2.39. The lowest BCUT2D eigenvalue weighted by atomic mass is 9.82. The molecule has 282 valence electrons. The minimum Gasteiger partial charge on any atom is -0.456 e. The fourth-order valence-electron chi connectivity index (χ4n) is 9.15. The van der Waals surface area contributed by atoms with Gasteiger partial charge in [-0.25, -0.2) is 0 Å². The Kier molecular flexibility index (Phi) is 9.06. The molecule has 7 aromatic carbocycles. The Bertz CT molecular complexity index is 2990. The van der Waals surface area contributed by atoms with Crippen molar-refractivity contribution in [1.29, 1.82) is 0 Å². The molecule has 1 atom stereocenters. The van der Waals surface area contributed by atoms with Gasteiger partial charge in [0, 0.05) is 27.7 Å². The zero-order chi connectivity index (χ0) is 39.2. The Labute approximate surface area is 341 Å². The number of fused-ring (bicyclic) bond motifs is 4. The monoisotopic (exact) mass is 749 g/mol. The molecule has 2 heteroatoms. The topological polar surface area (TPSA) is 16.4 Å². The number of hydrogen-bond acceptors (Lipinski definition) is 2. The molecule has 0 saturated carbocycles. The number of benzene rings is 7. The number of rotatable bonds is 7. The van der Waals surface area contributed by atoms with E-state index in [4.69, 9.17) is 4.42 Å². The highest BCUT2D eigenvalue weighted by atomic mass is 16.3. The summed E-state index contributed by atoms with van der Waals surface area (Å²) in [4.78, 5) is 2.65. The summed E-state index contributed by atoms with van der Waals surface area (Å²) in [5.74, 6) is 0. The minimum absolute atomic E-state index is 0.0303. The summed E-state index contributed by atoms with van der Waals surface area (Å²) in [7, 11) is 0. The van der Waals surface area contributed by atoms with E-state index in [9.17, 15) is 0 Å². The van der Waals surface area contributed by atoms with Crippen LogP contribution in [0.5, 0.6) is 0 Å². The van der Waals surface area contributed by atoms with Gasteiger partial charge in [0.05, 0.1) is 6.04 Å². The average molecular weight is 750 g/mol. The molecule has 2 aliphatic carbocycles. The molecule has 0 bridgehead atoms. The van der Waals surface area contributed by atoms with E-state index in [2.05, 4.69) is 202 Å². The summed E-state index contributed by atoms with van der Waals surface area (Å²) < 4.78 is 6.31. The molecule has 0 amide bonds. The van der Waals surface area contributed by atoms with Crippen LogP contribution in [-0.4, -0.2) is 6.04 Å². The maximum atomic E-state index is 6.31. The van der Waals surface area contributed by atoms with Crippen LogP contribution in [0.25, 0.3) is 67.0 Å². The van der Waals surface area contributed by atoms with Crippen LogP contribution in [0.1, 0.15) is 45.6 Å². The molecule has 1 heterocycles. The number of hydrogen-bond donors (Lipinski definition) is 0. The second-order valence-corrected chi connectivity index (χ2v) is 16.7. The zero-order valence-corrected chi connectivity index (χ0v) is 33.5. The molecule has 0 radical (unpaired) electrons. The van der Waals surface area contributed by atoms with Crippen molar-refractivity contribution in [3.05, 3.63) is 204 Å². The number of furan rings is 1. The van der Waals surface area contributed by atoms with Crippen molar-refractivity contribution in [1.82, 2.24) is 0 Å². The standard InChI is InChI=1S/C56H47NO/c1-56(2,3)43-31-35-45(39-16-6-4-7-17-39)52(37-43)57(44-32-28-38(29-33-44)42-30-34-49-48-23-11-13-27-53(48)58-54(49)36-42)51-26-12-10-22-47(51)50-25-15-21-41-20-14-24-46(55(41)50)40-18-8-5-9-19-40/h4-14,16-24,27-37,51H,15,25-26H2,1-3H3. The van der Waals surface area contributed by atoms with Crippen LogP contribution in [0.3, 0.4) is 0 Å². The van der Waals surface area contributed by atoms with Gasteiger partial charge in [0.2, 0.25) is 0 Å². The van der Waals surface area contributed by atoms with E-state index in [0.29, 0.717) is 0 Å². The minimum atomic E-state index is -0.0303. The first-order chi connectivity index (χ1) is 28.4. The summed E-state index contributed by atoms with van der Waals surface area (Å²) in [5, 5.41) is 5.00. The molecule has 58 heavy (non-hydrogen) atoms. The summed E-state index contributed by atoms with van der Waals surface area (Å²) in [6, 6.07) is 60.0. The normalized spacial score (nSPS) is 15.3. The van der Waals surface area contributed by atoms with Crippen LogP contribution in [0, 0.1) is 0 Å². The van der Waals surface area contributed by atoms with Gasteiger partial charge in [-0.3, -0.25) is 0 Å². The van der Waals surface area contributed by atoms with Crippen molar-refractivity contribution in [3.63, 3.8) is 0 Å². The van der Waals surface area contributed by atoms with Crippen molar-refractivity contribution in [2.75, 3.05) is 4.90 Å². The summed E-state index contributed by atoms with van der Waals surface area (Å²) >= 11 is 0. The average Bonchev–Trinajstić information content (AvgIpc) is 3.65. The fraction of sp³-hybridized carbons (Fsp3) is 0.143. The van der Waals surface area contributed by atoms with Crippen molar-refractivity contribution in [2.24, 2.45) is 0 Å². The molecule has 0 saturated heterocycles. The molecule has 2 nitrogen and oxygen atoms in total. The first-order valence-corrected chi connectivity index (χ1v) is 20.7. The predicted molar refractivity (Wildman–Crippen MR) is 246 cm³/mol. The molecular weight excluding hydrogens is 703 g/mol. The predicted octanol–water partition coefficient (Wildman–Crippen LogP) is 13.7. The van der Waals surface area contributed by atoms with Crippen LogP contribution in [-0.2, 0) is 5.41 Å². The maximum absolute atomic E-state index is 6.31. The third-order valence-corrected chi connectivity index (χ3v) is 12.1. The van der Waals surface area contributed by atoms with Crippen LogP contribution in [0.15, 0.2) is 192 Å². The van der Waals surface area contributed by atoms with Crippen LogP contribution in [0.4, 0.5) is 11.4 Å². The van der Waals surface area contributed by atoms with E-state index < -0.39 is 0 Å². The molecule has 10 rings (SSSR count). The van der Waals surface area contributed by atoms with Gasteiger partial charge in [0.15, 0.2) is 0 Å². The fourth-order valence-corrected chi connectivity index (χ4v) is 9.15. The first kappa shape index (κ1) is 35.8. The molecule has 8 aromatic rings. The summed E-state index contributed by atoms with van der Waals surface area (Å²) in [6.07, 6.45) is 12.4. The van der Waals surface area contributed by atoms with E-state index in [1.807, 2.05) is 12.1 Å². The number of para-hydroxylation sites is 1. The third-order valence-electron chi connectivity index (χ3n) is 12.1. The molecule has 1 unspecified atom stereocenters. The van der Waals surface area contributed by atoms with E-state index in [1.54, 1.807) is 0 Å². The summed E-state index contributed by atoms with van der Waals surface area (Å²) in [5.41, 5.74) is 15.7. The van der Waals surface area contributed by atoms with Gasteiger partial charge in [-0.1, -0.05) is 172 Å². The van der Waals surface area contributed by atoms with Crippen molar-refractivity contribution in [2.45, 2.75) is 51.5 Å². The largest absolute Gasteiger partial charge is 0.456 e. The van der Waals surface area contributed by atoms with Crippen LogP contribution >= 0.6 is 0 Å². The maximum Gasteiger partial charge on any atom is 0.136 e. The second kappa shape index (κ2) is 14.7. The van der Waals surface area contributed by atoms with E-state index >= 15 is 0 Å². The second-order valence-electron chi connectivity index (χ2n) is 16.7. The van der Waals surface area contributed by atoms with Gasteiger partial charge in [-0.15, -0.1) is 0 Å². The van der Waals surface area contributed by atoms with Gasteiger partial charge >= 0.3 is 0 Å². The molecule has 0 N–H and O–H groups in total. The Balaban J connectivity index is 1.17. The molecule has 0 fully saturated rings. The van der Waals surface area contributed by atoms with Crippen LogP contribution in [0.2, 0.25) is 0 Å². The number of anilines is 2. The van der Waals surface area contributed by atoms with Gasteiger partial charge < -0.3 is 9.32 Å². The zero-order valence-electron chi connectivity index (χ0n) is 33.5. The quantitative estimate of drug-likeness (QED) is 0.161. The third kappa shape index (κ3) is 6.49.